The summed E-state index contributed by atoms with van der Waals surface area (Å²) in [5.41, 5.74) is 6.82. The molecule has 0 spiro atoms. The highest BCUT2D eigenvalue weighted by Crippen LogP contribution is 2.45. The summed E-state index contributed by atoms with van der Waals surface area (Å²) in [7, 11) is 0. The Morgan fingerprint density at radius 2 is 1.32 bits per heavy atom. The zero-order chi connectivity index (χ0) is 31.7. The lowest BCUT2D eigenvalue weighted by Gasteiger charge is -2.20. The average Bonchev–Trinajstić information content (AvgIpc) is 3.64. The van der Waals surface area contributed by atoms with Gasteiger partial charge in [-0.2, -0.15) is 0 Å². The van der Waals surface area contributed by atoms with E-state index >= 15 is 0 Å². The van der Waals surface area contributed by atoms with Gasteiger partial charge in [-0.3, -0.25) is 9.55 Å². The van der Waals surface area contributed by atoms with Gasteiger partial charge in [0.25, 0.3) is 0 Å². The summed E-state index contributed by atoms with van der Waals surface area (Å²) >= 11 is 1.81. The monoisotopic (exact) mass is 625 g/mol. The number of hydrogen-bond donors (Lipinski definition) is 0. The molecule has 9 rings (SSSR count). The van der Waals surface area contributed by atoms with Gasteiger partial charge in [0.1, 0.15) is 17.3 Å². The Morgan fingerprint density at radius 1 is 0.596 bits per heavy atom. The van der Waals surface area contributed by atoms with Gasteiger partial charge in [-0.15, -0.1) is 11.3 Å². The Kier molecular flexibility index (Phi) is 6.21. The van der Waals surface area contributed by atoms with Crippen LogP contribution in [0.15, 0.2) is 134 Å². The summed E-state index contributed by atoms with van der Waals surface area (Å²) < 4.78 is 11.5. The predicted molar refractivity (Wildman–Crippen MR) is 197 cm³/mol. The van der Waals surface area contributed by atoms with Crippen molar-refractivity contribution >= 4 is 64.2 Å². The number of aromatic nitrogens is 3. The second-order valence-corrected chi connectivity index (χ2v) is 14.1. The number of pyridine rings is 2. The molecule has 226 valence electrons. The lowest BCUT2D eigenvalue weighted by atomic mass is 9.88. The molecule has 0 radical (unpaired) electrons. The van der Waals surface area contributed by atoms with Crippen molar-refractivity contribution in [3.8, 4) is 28.4 Å². The molecular formula is C42H31N3OS. The van der Waals surface area contributed by atoms with Crippen LogP contribution in [0.25, 0.3) is 69.8 Å². The van der Waals surface area contributed by atoms with Crippen LogP contribution in [0, 0.1) is 0 Å². The third kappa shape index (κ3) is 4.49. The minimum Gasteiger partial charge on any atom is -0.457 e. The first-order valence-electron chi connectivity index (χ1n) is 15.9. The fourth-order valence-electron chi connectivity index (χ4n) is 6.77. The molecule has 0 atom stereocenters. The van der Waals surface area contributed by atoms with Crippen molar-refractivity contribution < 1.29 is 4.74 Å². The van der Waals surface area contributed by atoms with E-state index < -0.39 is 0 Å². The number of nitrogens with zero attached hydrogens (tertiary/aromatic N) is 3. The first kappa shape index (κ1) is 27.8. The van der Waals surface area contributed by atoms with Gasteiger partial charge in [0.2, 0.25) is 0 Å². The number of para-hydroxylation sites is 1. The van der Waals surface area contributed by atoms with E-state index in [-0.39, 0.29) is 5.41 Å². The maximum absolute atomic E-state index is 6.85. The quantitative estimate of drug-likeness (QED) is 0.195. The molecule has 0 aliphatic rings. The van der Waals surface area contributed by atoms with E-state index in [4.69, 9.17) is 14.7 Å². The Morgan fingerprint density at radius 3 is 2.15 bits per heavy atom. The van der Waals surface area contributed by atoms with Crippen molar-refractivity contribution in [1.82, 2.24) is 14.5 Å². The van der Waals surface area contributed by atoms with Gasteiger partial charge < -0.3 is 4.74 Å². The Bertz CT molecular complexity index is 2640. The molecule has 0 aliphatic heterocycles. The van der Waals surface area contributed by atoms with Crippen LogP contribution < -0.4 is 4.74 Å². The van der Waals surface area contributed by atoms with Crippen molar-refractivity contribution in [1.29, 1.82) is 0 Å². The van der Waals surface area contributed by atoms with Gasteiger partial charge in [-0.1, -0.05) is 93.6 Å². The normalized spacial score (nSPS) is 12.1. The molecule has 4 aromatic heterocycles. The zero-order valence-corrected chi connectivity index (χ0v) is 27.2. The minimum absolute atomic E-state index is 0.00691. The summed E-state index contributed by atoms with van der Waals surface area (Å²) in [6, 6.07) is 42.6. The Balaban J connectivity index is 1.24. The molecule has 0 saturated carbocycles. The van der Waals surface area contributed by atoms with Gasteiger partial charge in [-0.05, 0) is 59.0 Å². The molecule has 0 unspecified atom stereocenters. The minimum atomic E-state index is 0.00691. The fourth-order valence-corrected chi connectivity index (χ4v) is 8.08. The van der Waals surface area contributed by atoms with Crippen LogP contribution in [-0.4, -0.2) is 14.5 Å². The highest BCUT2D eigenvalue weighted by atomic mass is 32.1. The Labute approximate surface area is 276 Å². The third-order valence-electron chi connectivity index (χ3n) is 9.12. The smallest absolute Gasteiger partial charge is 0.137 e. The molecule has 9 aromatic rings. The molecule has 0 aliphatic carbocycles. The third-order valence-corrected chi connectivity index (χ3v) is 10.4. The van der Waals surface area contributed by atoms with E-state index in [0.717, 1.165) is 50.0 Å². The van der Waals surface area contributed by atoms with E-state index in [1.165, 1.54) is 36.9 Å². The van der Waals surface area contributed by atoms with Gasteiger partial charge in [-0.25, -0.2) is 4.98 Å². The molecule has 4 heterocycles. The molecule has 0 N–H and O–H groups in total. The zero-order valence-electron chi connectivity index (χ0n) is 26.4. The van der Waals surface area contributed by atoms with Crippen molar-refractivity contribution in [2.45, 2.75) is 26.2 Å². The molecule has 47 heavy (non-hydrogen) atoms. The topological polar surface area (TPSA) is 39.9 Å². The van der Waals surface area contributed by atoms with Crippen molar-refractivity contribution in [2.24, 2.45) is 0 Å². The van der Waals surface area contributed by atoms with Crippen LogP contribution in [0.1, 0.15) is 26.3 Å². The van der Waals surface area contributed by atoms with Crippen LogP contribution in [0.3, 0.4) is 0 Å². The second kappa shape index (κ2) is 10.5. The number of fused-ring (bicyclic) bond motifs is 8. The SMILES string of the molecule is CC(C)(C)c1ccnc(-n2c3ccccc3c3ccc(Oc4cc5c6nccc(-c7ccccc7)c6sc5c5ccccc45)cc32)c1. The van der Waals surface area contributed by atoms with Crippen molar-refractivity contribution in [3.05, 3.63) is 139 Å². The molecule has 0 fully saturated rings. The van der Waals surface area contributed by atoms with Gasteiger partial charge >= 0.3 is 0 Å². The van der Waals surface area contributed by atoms with E-state index in [0.29, 0.717) is 0 Å². The molecule has 0 bridgehead atoms. The van der Waals surface area contributed by atoms with E-state index in [1.807, 2.05) is 12.4 Å². The first-order valence-corrected chi connectivity index (χ1v) is 16.7. The number of thiophene rings is 1. The molecule has 0 amide bonds. The molecule has 5 heteroatoms. The van der Waals surface area contributed by atoms with E-state index in [1.54, 1.807) is 11.3 Å². The van der Waals surface area contributed by atoms with E-state index in [2.05, 4.69) is 147 Å². The first-order chi connectivity index (χ1) is 22.9. The summed E-state index contributed by atoms with van der Waals surface area (Å²) in [4.78, 5) is 9.74. The number of ether oxygens (including phenoxy) is 1. The van der Waals surface area contributed by atoms with E-state index in [9.17, 15) is 0 Å². The fraction of sp³-hybridized carbons (Fsp3) is 0.0952. The summed E-state index contributed by atoms with van der Waals surface area (Å²) in [6.45, 7) is 6.71. The van der Waals surface area contributed by atoms with Crippen LogP contribution >= 0.6 is 11.3 Å². The summed E-state index contributed by atoms with van der Waals surface area (Å²) in [6.07, 6.45) is 3.84. The maximum atomic E-state index is 6.85. The number of hydrogen-bond acceptors (Lipinski definition) is 4. The highest BCUT2D eigenvalue weighted by molar-refractivity contribution is 7.27. The largest absolute Gasteiger partial charge is 0.457 e. The summed E-state index contributed by atoms with van der Waals surface area (Å²) in [5.74, 6) is 2.49. The molecule has 5 aromatic carbocycles. The number of rotatable bonds is 4. The van der Waals surface area contributed by atoms with Gasteiger partial charge in [0.05, 0.1) is 21.3 Å². The lowest BCUT2D eigenvalue weighted by Crippen LogP contribution is -2.12. The predicted octanol–water partition coefficient (Wildman–Crippen LogP) is 11.9. The van der Waals surface area contributed by atoms with Crippen LogP contribution in [0.2, 0.25) is 0 Å². The number of benzene rings is 5. The molecule has 0 saturated heterocycles. The lowest BCUT2D eigenvalue weighted by molar-refractivity contribution is 0.489. The standard InChI is InChI=1S/C42H31N3OS/c1-42(2,3)27-19-21-43-38(23-27)45-35-16-10-9-13-30(35)31-18-17-28(24-36(31)45)46-37-25-34-39-41(47-40(34)33-15-8-7-14-32(33)37)29(20-22-44-39)26-11-5-4-6-12-26/h4-25H,1-3H3. The van der Waals surface area contributed by atoms with Crippen LogP contribution in [0.4, 0.5) is 0 Å². The van der Waals surface area contributed by atoms with Crippen LogP contribution in [-0.2, 0) is 5.41 Å². The maximum Gasteiger partial charge on any atom is 0.137 e. The average molecular weight is 626 g/mol. The van der Waals surface area contributed by atoms with Crippen molar-refractivity contribution in [3.63, 3.8) is 0 Å². The van der Waals surface area contributed by atoms with Crippen molar-refractivity contribution in [2.75, 3.05) is 0 Å². The Hall–Kier alpha value is -5.52. The molecule has 4 nitrogen and oxygen atoms in total. The van der Waals surface area contributed by atoms with Crippen LogP contribution in [0.5, 0.6) is 11.5 Å². The molecular weight excluding hydrogens is 595 g/mol. The van der Waals surface area contributed by atoms with Gasteiger partial charge in [0, 0.05) is 55.7 Å². The summed E-state index contributed by atoms with van der Waals surface area (Å²) in [5, 5.41) is 5.70. The second-order valence-electron chi connectivity index (χ2n) is 13.1. The highest BCUT2D eigenvalue weighted by Gasteiger charge is 2.20. The van der Waals surface area contributed by atoms with Gasteiger partial charge in [0.15, 0.2) is 0 Å².